The molecule has 7 heteroatoms. The summed E-state index contributed by atoms with van der Waals surface area (Å²) >= 11 is 18.7. The molecule has 0 radical (unpaired) electrons. The molecule has 1 aromatic heterocycles. The van der Waals surface area contributed by atoms with Gasteiger partial charge in [-0.2, -0.15) is 0 Å². The average molecular weight is 527 g/mol. The summed E-state index contributed by atoms with van der Waals surface area (Å²) in [6.45, 7) is 5.44. The highest BCUT2D eigenvalue weighted by atomic mass is 35.5. The lowest BCUT2D eigenvalue weighted by molar-refractivity contribution is 0.0977. The summed E-state index contributed by atoms with van der Waals surface area (Å²) in [5.74, 6) is -0.0585. The van der Waals surface area contributed by atoms with Crippen LogP contribution in [-0.2, 0) is 5.41 Å². The number of carbonyl (C=O) groups is 1. The van der Waals surface area contributed by atoms with Crippen LogP contribution in [0.3, 0.4) is 0 Å². The number of piperidine rings is 1. The van der Waals surface area contributed by atoms with E-state index >= 15 is 0 Å². The number of halogens is 3. The molecule has 1 amide bonds. The van der Waals surface area contributed by atoms with E-state index in [0.717, 1.165) is 54.3 Å². The Morgan fingerprint density at radius 1 is 1.06 bits per heavy atom. The predicted octanol–water partition coefficient (Wildman–Crippen LogP) is 7.06. The number of aryl methyl sites for hydroxylation is 1. The van der Waals surface area contributed by atoms with Crippen LogP contribution >= 0.6 is 34.8 Å². The van der Waals surface area contributed by atoms with Gasteiger partial charge >= 0.3 is 0 Å². The van der Waals surface area contributed by atoms with Crippen LogP contribution in [0.15, 0.2) is 60.8 Å². The Morgan fingerprint density at radius 2 is 1.86 bits per heavy atom. The van der Waals surface area contributed by atoms with Crippen molar-refractivity contribution in [2.24, 2.45) is 0 Å². The van der Waals surface area contributed by atoms with E-state index in [-0.39, 0.29) is 11.3 Å². The minimum Gasteiger partial charge on any atom is -0.307 e. The maximum Gasteiger partial charge on any atom is 0.258 e. The molecule has 0 unspecified atom stereocenters. The smallest absolute Gasteiger partial charge is 0.258 e. The van der Waals surface area contributed by atoms with E-state index in [2.05, 4.69) is 28.1 Å². The molecule has 1 saturated heterocycles. The Hall–Kier alpha value is -2.37. The lowest BCUT2D eigenvalue weighted by Crippen LogP contribution is -2.46. The lowest BCUT2D eigenvalue weighted by Gasteiger charge is -2.39. The van der Waals surface area contributed by atoms with E-state index < -0.39 is 0 Å². The van der Waals surface area contributed by atoms with Gasteiger partial charge < -0.3 is 4.90 Å². The van der Waals surface area contributed by atoms with Crippen LogP contribution in [0.5, 0.6) is 0 Å². The Kier molecular flexibility index (Phi) is 6.91. The van der Waals surface area contributed by atoms with E-state index in [1.807, 2.05) is 42.2 Å². The molecule has 2 aliphatic rings. The van der Waals surface area contributed by atoms with Crippen molar-refractivity contribution in [3.05, 3.63) is 98.3 Å². The topological polar surface area (TPSA) is 36.4 Å². The number of amides is 1. The van der Waals surface area contributed by atoms with Crippen molar-refractivity contribution in [1.29, 1.82) is 0 Å². The van der Waals surface area contributed by atoms with Crippen LogP contribution in [-0.4, -0.2) is 42.0 Å². The highest BCUT2D eigenvalue weighted by Crippen LogP contribution is 2.48. The molecule has 35 heavy (non-hydrogen) atoms. The van der Waals surface area contributed by atoms with Gasteiger partial charge in [0.15, 0.2) is 0 Å². The zero-order valence-electron chi connectivity index (χ0n) is 19.5. The van der Waals surface area contributed by atoms with Gasteiger partial charge in [-0.3, -0.25) is 9.69 Å². The molecule has 1 spiro atoms. The molecular weight excluding hydrogens is 501 g/mol. The van der Waals surface area contributed by atoms with Gasteiger partial charge in [0.1, 0.15) is 5.15 Å². The summed E-state index contributed by atoms with van der Waals surface area (Å²) in [7, 11) is 0. The number of anilines is 1. The Bertz CT molecular complexity index is 1300. The second kappa shape index (κ2) is 9.94. The molecule has 0 aliphatic carbocycles. The molecule has 0 bridgehead atoms. The molecule has 4 nitrogen and oxygen atoms in total. The molecule has 3 heterocycles. The van der Waals surface area contributed by atoms with Crippen molar-refractivity contribution < 1.29 is 4.79 Å². The number of nitrogens with zero attached hydrogens (tertiary/aromatic N) is 3. The Morgan fingerprint density at radius 3 is 2.60 bits per heavy atom. The van der Waals surface area contributed by atoms with Gasteiger partial charge in [-0.15, -0.1) is 0 Å². The van der Waals surface area contributed by atoms with Crippen molar-refractivity contribution in [2.45, 2.75) is 25.2 Å². The highest BCUT2D eigenvalue weighted by Gasteiger charge is 2.46. The van der Waals surface area contributed by atoms with Gasteiger partial charge in [0.05, 0.1) is 0 Å². The third-order valence-electron chi connectivity index (χ3n) is 7.18. The zero-order chi connectivity index (χ0) is 24.6. The number of hydrogen-bond acceptors (Lipinski definition) is 3. The van der Waals surface area contributed by atoms with Gasteiger partial charge in [-0.25, -0.2) is 4.98 Å². The highest BCUT2D eigenvalue weighted by molar-refractivity contribution is 6.31. The van der Waals surface area contributed by atoms with E-state index in [1.54, 1.807) is 18.3 Å². The summed E-state index contributed by atoms with van der Waals surface area (Å²) < 4.78 is 0. The number of rotatable bonds is 4. The van der Waals surface area contributed by atoms with Gasteiger partial charge in [0.2, 0.25) is 0 Å². The molecular formula is C28H26Cl3N3O. The first-order chi connectivity index (χ1) is 16.8. The van der Waals surface area contributed by atoms with Crippen LogP contribution in [0.1, 0.15) is 39.9 Å². The van der Waals surface area contributed by atoms with Crippen LogP contribution in [0.25, 0.3) is 6.08 Å². The lowest BCUT2D eigenvalue weighted by atomic mass is 9.74. The number of carbonyl (C=O) groups excluding carboxylic acids is 1. The van der Waals surface area contributed by atoms with Gasteiger partial charge in [-0.05, 0) is 85.9 Å². The predicted molar refractivity (Wildman–Crippen MR) is 145 cm³/mol. The second-order valence-electron chi connectivity index (χ2n) is 9.41. The average Bonchev–Trinajstić information content (AvgIpc) is 3.15. The zero-order valence-corrected chi connectivity index (χ0v) is 21.7. The van der Waals surface area contributed by atoms with Gasteiger partial charge in [0.25, 0.3) is 5.91 Å². The van der Waals surface area contributed by atoms with Gasteiger partial charge in [-0.1, -0.05) is 59.1 Å². The first-order valence-corrected chi connectivity index (χ1v) is 12.9. The Labute approximate surface area is 221 Å². The normalized spacial score (nSPS) is 17.3. The molecule has 5 rings (SSSR count). The minimum atomic E-state index is -0.0998. The van der Waals surface area contributed by atoms with Crippen LogP contribution in [0.2, 0.25) is 15.2 Å². The molecule has 1 fully saturated rings. The van der Waals surface area contributed by atoms with Crippen LogP contribution < -0.4 is 4.90 Å². The first kappa shape index (κ1) is 24.3. The number of hydrogen-bond donors (Lipinski definition) is 0. The minimum absolute atomic E-state index is 0.0585. The van der Waals surface area contributed by atoms with Crippen molar-refractivity contribution >= 4 is 52.5 Å². The standard InChI is InChI=1S/C28H26Cl3N3O/c1-19-4-5-20(15-24(19)30)3-2-12-33-13-9-28(10-14-33)18-34(25-7-6-22(29)17-23(25)28)27(35)21-8-11-32-26(31)16-21/h2-8,11,15-17H,9-10,12-14,18H2,1H3/b3-2+. The maximum absolute atomic E-state index is 13.4. The van der Waals surface area contributed by atoms with Gasteiger partial charge in [0, 0.05) is 46.0 Å². The third-order valence-corrected chi connectivity index (χ3v) is 8.03. The van der Waals surface area contributed by atoms with E-state index in [1.165, 1.54) is 5.56 Å². The van der Waals surface area contributed by atoms with Crippen molar-refractivity contribution in [3.8, 4) is 0 Å². The monoisotopic (exact) mass is 525 g/mol. The summed E-state index contributed by atoms with van der Waals surface area (Å²) in [6.07, 6.45) is 7.82. The van der Waals surface area contributed by atoms with E-state index in [0.29, 0.717) is 22.3 Å². The molecule has 180 valence electrons. The number of fused-ring (bicyclic) bond motifs is 2. The maximum atomic E-state index is 13.4. The largest absolute Gasteiger partial charge is 0.307 e. The molecule has 0 atom stereocenters. The quantitative estimate of drug-likeness (QED) is 0.342. The fraction of sp³-hybridized carbons (Fsp3) is 0.286. The summed E-state index contributed by atoms with van der Waals surface area (Å²) in [5, 5.41) is 1.81. The van der Waals surface area contributed by atoms with Crippen LogP contribution in [0, 0.1) is 6.92 Å². The molecule has 0 N–H and O–H groups in total. The fourth-order valence-electron chi connectivity index (χ4n) is 5.16. The summed E-state index contributed by atoms with van der Waals surface area (Å²) in [5.41, 5.74) is 4.75. The number of likely N-dealkylation sites (tertiary alicyclic amines) is 1. The number of pyridine rings is 1. The van der Waals surface area contributed by atoms with E-state index in [9.17, 15) is 4.79 Å². The van der Waals surface area contributed by atoms with Crippen LogP contribution in [0.4, 0.5) is 5.69 Å². The first-order valence-electron chi connectivity index (χ1n) is 11.7. The summed E-state index contributed by atoms with van der Waals surface area (Å²) in [4.78, 5) is 21.8. The summed E-state index contributed by atoms with van der Waals surface area (Å²) in [6, 6.07) is 15.3. The second-order valence-corrected chi connectivity index (χ2v) is 10.6. The molecule has 3 aromatic rings. The third kappa shape index (κ3) is 4.99. The van der Waals surface area contributed by atoms with Crippen molar-refractivity contribution in [1.82, 2.24) is 9.88 Å². The number of aromatic nitrogens is 1. The fourth-order valence-corrected chi connectivity index (χ4v) is 5.69. The Balaban J connectivity index is 1.31. The molecule has 2 aromatic carbocycles. The van der Waals surface area contributed by atoms with E-state index in [4.69, 9.17) is 34.8 Å². The molecule has 0 saturated carbocycles. The SMILES string of the molecule is Cc1ccc(/C=C/CN2CCC3(CC2)CN(C(=O)c2ccnc(Cl)c2)c2ccc(Cl)cc23)cc1Cl. The number of benzene rings is 2. The molecule has 2 aliphatic heterocycles. The van der Waals surface area contributed by atoms with Crippen molar-refractivity contribution in [3.63, 3.8) is 0 Å². The van der Waals surface area contributed by atoms with Crippen molar-refractivity contribution in [2.75, 3.05) is 31.1 Å².